The van der Waals surface area contributed by atoms with Gasteiger partial charge in [0.2, 0.25) is 5.91 Å². The lowest BCUT2D eigenvalue weighted by Crippen LogP contribution is -2.11. The topological polar surface area (TPSA) is 66.4 Å². The molecule has 0 aromatic heterocycles. The number of hydrogen-bond donors (Lipinski definition) is 2. The first-order chi connectivity index (χ1) is 9.11. The van der Waals surface area contributed by atoms with Crippen molar-refractivity contribution >= 4 is 17.6 Å². The van der Waals surface area contributed by atoms with Crippen molar-refractivity contribution in [2.24, 2.45) is 0 Å². The number of hydrogen-bond acceptors (Lipinski definition) is 2. The highest BCUT2D eigenvalue weighted by molar-refractivity contribution is 5.90. The monoisotopic (exact) mass is 263 g/mol. The van der Waals surface area contributed by atoms with E-state index in [0.717, 1.165) is 25.7 Å². The average molecular weight is 263 g/mol. The number of amides is 1. The Morgan fingerprint density at radius 3 is 2.68 bits per heavy atom. The van der Waals surface area contributed by atoms with Crippen LogP contribution in [0.3, 0.4) is 0 Å². The molecular formula is C15H21NO3. The fourth-order valence-electron chi connectivity index (χ4n) is 1.87. The molecule has 0 spiro atoms. The van der Waals surface area contributed by atoms with Crippen molar-refractivity contribution in [2.75, 3.05) is 5.32 Å². The van der Waals surface area contributed by atoms with Gasteiger partial charge < -0.3 is 10.4 Å². The molecule has 1 amide bonds. The van der Waals surface area contributed by atoms with E-state index in [-0.39, 0.29) is 12.3 Å². The molecule has 0 fully saturated rings. The number of carbonyl (C=O) groups excluding carboxylic acids is 1. The van der Waals surface area contributed by atoms with Crippen LogP contribution in [0.5, 0.6) is 0 Å². The van der Waals surface area contributed by atoms with Crippen molar-refractivity contribution in [3.63, 3.8) is 0 Å². The van der Waals surface area contributed by atoms with Crippen molar-refractivity contribution in [1.82, 2.24) is 0 Å². The molecule has 0 bridgehead atoms. The molecule has 1 aromatic rings. The first-order valence-corrected chi connectivity index (χ1v) is 6.72. The third-order valence-electron chi connectivity index (χ3n) is 2.82. The number of nitrogens with one attached hydrogen (secondary N) is 1. The zero-order chi connectivity index (χ0) is 14.1. The summed E-state index contributed by atoms with van der Waals surface area (Å²) in [5, 5.41) is 11.5. The van der Waals surface area contributed by atoms with Gasteiger partial charge in [-0.3, -0.25) is 9.59 Å². The van der Waals surface area contributed by atoms with Crippen LogP contribution in [0.25, 0.3) is 0 Å². The zero-order valence-corrected chi connectivity index (χ0v) is 11.3. The Morgan fingerprint density at radius 1 is 1.21 bits per heavy atom. The molecule has 0 saturated heterocycles. The third kappa shape index (κ3) is 6.60. The van der Waals surface area contributed by atoms with Crippen LogP contribution in [0.2, 0.25) is 0 Å². The van der Waals surface area contributed by atoms with E-state index in [0.29, 0.717) is 17.7 Å². The van der Waals surface area contributed by atoms with Gasteiger partial charge in [0.1, 0.15) is 0 Å². The van der Waals surface area contributed by atoms with E-state index < -0.39 is 5.97 Å². The van der Waals surface area contributed by atoms with Gasteiger partial charge in [-0.2, -0.15) is 0 Å². The maximum atomic E-state index is 11.7. The predicted molar refractivity (Wildman–Crippen MR) is 75.2 cm³/mol. The number of anilines is 1. The molecule has 1 rings (SSSR count). The molecule has 4 heteroatoms. The number of rotatable bonds is 8. The van der Waals surface area contributed by atoms with E-state index in [2.05, 4.69) is 12.2 Å². The fourth-order valence-corrected chi connectivity index (χ4v) is 1.87. The molecule has 0 heterocycles. The summed E-state index contributed by atoms with van der Waals surface area (Å²) in [5.41, 5.74) is 1.36. The molecule has 0 aliphatic rings. The van der Waals surface area contributed by atoms with Crippen LogP contribution >= 0.6 is 0 Å². The van der Waals surface area contributed by atoms with Crippen molar-refractivity contribution in [2.45, 2.75) is 45.4 Å². The number of carboxylic acids is 1. The van der Waals surface area contributed by atoms with Crippen molar-refractivity contribution in [1.29, 1.82) is 0 Å². The van der Waals surface area contributed by atoms with Crippen LogP contribution in [0, 0.1) is 0 Å². The molecule has 0 aliphatic heterocycles. The normalized spacial score (nSPS) is 10.2. The van der Waals surface area contributed by atoms with Gasteiger partial charge in [-0.25, -0.2) is 0 Å². The summed E-state index contributed by atoms with van der Waals surface area (Å²) in [6, 6.07) is 6.98. The van der Waals surface area contributed by atoms with E-state index in [9.17, 15) is 9.59 Å². The quantitative estimate of drug-likeness (QED) is 0.708. The van der Waals surface area contributed by atoms with Gasteiger partial charge in [0.15, 0.2) is 0 Å². The van der Waals surface area contributed by atoms with Crippen molar-refractivity contribution in [3.8, 4) is 0 Å². The average Bonchev–Trinajstić information content (AvgIpc) is 2.34. The summed E-state index contributed by atoms with van der Waals surface area (Å²) in [7, 11) is 0. The predicted octanol–water partition coefficient (Wildman–Crippen LogP) is 3.22. The lowest BCUT2D eigenvalue weighted by Gasteiger charge is -2.06. The maximum Gasteiger partial charge on any atom is 0.307 e. The number of unbranched alkanes of at least 4 members (excludes halogenated alkanes) is 3. The Bertz CT molecular complexity index is 429. The van der Waals surface area contributed by atoms with Crippen LogP contribution in [0.4, 0.5) is 5.69 Å². The van der Waals surface area contributed by atoms with E-state index in [1.54, 1.807) is 24.3 Å². The summed E-state index contributed by atoms with van der Waals surface area (Å²) < 4.78 is 0. The van der Waals surface area contributed by atoms with Crippen molar-refractivity contribution in [3.05, 3.63) is 29.8 Å². The lowest BCUT2D eigenvalue weighted by atomic mass is 10.1. The van der Waals surface area contributed by atoms with Gasteiger partial charge in [-0.05, 0) is 24.1 Å². The van der Waals surface area contributed by atoms with Gasteiger partial charge in [0.05, 0.1) is 6.42 Å². The molecule has 2 N–H and O–H groups in total. The van der Waals surface area contributed by atoms with Crippen molar-refractivity contribution < 1.29 is 14.7 Å². The Hall–Kier alpha value is -1.84. The zero-order valence-electron chi connectivity index (χ0n) is 11.3. The van der Waals surface area contributed by atoms with Gasteiger partial charge in [0, 0.05) is 12.1 Å². The van der Waals surface area contributed by atoms with Gasteiger partial charge >= 0.3 is 5.97 Å². The number of carboxylic acid groups (broad SMARTS) is 1. The van der Waals surface area contributed by atoms with E-state index in [1.165, 1.54) is 0 Å². The highest BCUT2D eigenvalue weighted by Crippen LogP contribution is 2.12. The number of carbonyl (C=O) groups is 2. The second kappa shape index (κ2) is 8.29. The Kier molecular flexibility index (Phi) is 6.64. The molecular weight excluding hydrogens is 242 g/mol. The largest absolute Gasteiger partial charge is 0.481 e. The second-order valence-corrected chi connectivity index (χ2v) is 4.63. The first-order valence-electron chi connectivity index (χ1n) is 6.72. The lowest BCUT2D eigenvalue weighted by molar-refractivity contribution is -0.136. The highest BCUT2D eigenvalue weighted by Gasteiger charge is 2.04. The molecule has 19 heavy (non-hydrogen) atoms. The summed E-state index contributed by atoms with van der Waals surface area (Å²) in [6.45, 7) is 2.13. The van der Waals surface area contributed by atoms with E-state index >= 15 is 0 Å². The van der Waals surface area contributed by atoms with E-state index in [4.69, 9.17) is 5.11 Å². The maximum absolute atomic E-state index is 11.7. The van der Waals surface area contributed by atoms with Gasteiger partial charge in [-0.15, -0.1) is 0 Å². The molecule has 0 unspecified atom stereocenters. The van der Waals surface area contributed by atoms with Crippen LogP contribution in [0.15, 0.2) is 24.3 Å². The minimum atomic E-state index is -0.872. The smallest absolute Gasteiger partial charge is 0.307 e. The molecule has 4 nitrogen and oxygen atoms in total. The molecule has 0 atom stereocenters. The first kappa shape index (κ1) is 15.2. The fraction of sp³-hybridized carbons (Fsp3) is 0.467. The van der Waals surface area contributed by atoms with Crippen LogP contribution < -0.4 is 5.32 Å². The molecule has 0 aliphatic carbocycles. The minimum Gasteiger partial charge on any atom is -0.481 e. The summed E-state index contributed by atoms with van der Waals surface area (Å²) in [5.74, 6) is -0.883. The third-order valence-corrected chi connectivity index (χ3v) is 2.82. The number of benzene rings is 1. The molecule has 1 aromatic carbocycles. The van der Waals surface area contributed by atoms with Gasteiger partial charge in [-0.1, -0.05) is 38.3 Å². The summed E-state index contributed by atoms with van der Waals surface area (Å²) in [4.78, 5) is 22.3. The summed E-state index contributed by atoms with van der Waals surface area (Å²) in [6.07, 6.45) is 4.76. The molecule has 0 radical (unpaired) electrons. The van der Waals surface area contributed by atoms with Gasteiger partial charge in [0.25, 0.3) is 0 Å². The molecule has 104 valence electrons. The Morgan fingerprint density at radius 2 is 2.00 bits per heavy atom. The minimum absolute atomic E-state index is 0.0106. The Labute approximate surface area is 113 Å². The van der Waals surface area contributed by atoms with Crippen LogP contribution in [0.1, 0.15) is 44.6 Å². The highest BCUT2D eigenvalue weighted by atomic mass is 16.4. The standard InChI is InChI=1S/C15H21NO3/c1-2-3-4-5-9-14(17)16-13-8-6-7-12(10-13)11-15(18)19/h6-8,10H,2-5,9,11H2,1H3,(H,16,17)(H,18,19). The Balaban J connectivity index is 2.43. The van der Waals surface area contributed by atoms with E-state index in [1.807, 2.05) is 0 Å². The number of aliphatic carboxylic acids is 1. The van der Waals surface area contributed by atoms with Crippen LogP contribution in [-0.4, -0.2) is 17.0 Å². The SMILES string of the molecule is CCCCCCC(=O)Nc1cccc(CC(=O)O)c1. The molecule has 0 saturated carbocycles. The summed E-state index contributed by atoms with van der Waals surface area (Å²) >= 11 is 0. The second-order valence-electron chi connectivity index (χ2n) is 4.63. The van der Waals surface area contributed by atoms with Crippen LogP contribution in [-0.2, 0) is 16.0 Å².